The second-order valence-corrected chi connectivity index (χ2v) is 5.24. The van der Waals surface area contributed by atoms with E-state index in [-0.39, 0.29) is 6.04 Å². The van der Waals surface area contributed by atoms with Gasteiger partial charge in [0.2, 0.25) is 0 Å². The van der Waals surface area contributed by atoms with Crippen LogP contribution in [0.4, 0.5) is 5.69 Å². The first-order valence-corrected chi connectivity index (χ1v) is 6.82. The summed E-state index contributed by atoms with van der Waals surface area (Å²) in [6.45, 7) is 0. The predicted octanol–water partition coefficient (Wildman–Crippen LogP) is 3.50. The zero-order chi connectivity index (χ0) is 13.5. The number of aliphatic hydroxyl groups excluding tert-OH is 1. The van der Waals surface area contributed by atoms with Gasteiger partial charge in [-0.15, -0.1) is 0 Å². The largest absolute Gasteiger partial charge is 0.458 e. The van der Waals surface area contributed by atoms with Crippen LogP contribution in [0.15, 0.2) is 59.0 Å². The number of aliphatic hydroxyl groups is 1. The monoisotopic (exact) mass is 265 g/mol. The van der Waals surface area contributed by atoms with Gasteiger partial charge in [0.25, 0.3) is 0 Å². The summed E-state index contributed by atoms with van der Waals surface area (Å²) in [5, 5.41) is 14.9. The van der Waals surface area contributed by atoms with Gasteiger partial charge in [0, 0.05) is 11.1 Å². The summed E-state index contributed by atoms with van der Waals surface area (Å²) < 4.78 is 5.75. The zero-order valence-corrected chi connectivity index (χ0v) is 10.9. The smallest absolute Gasteiger partial charge is 0.135 e. The minimum atomic E-state index is -0.644. The van der Waals surface area contributed by atoms with E-state index in [1.807, 2.05) is 48.5 Å². The lowest BCUT2D eigenvalue weighted by molar-refractivity contribution is 0.132. The maximum atomic E-state index is 10.5. The molecule has 1 aliphatic heterocycles. The SMILES string of the molecule is OC(c1cc2ccccc2o1)C1Cc2ccccc2N1. The van der Waals surface area contributed by atoms with Gasteiger partial charge in [-0.2, -0.15) is 0 Å². The van der Waals surface area contributed by atoms with Crippen LogP contribution in [-0.2, 0) is 6.42 Å². The van der Waals surface area contributed by atoms with Crippen LogP contribution in [0.25, 0.3) is 11.0 Å². The highest BCUT2D eigenvalue weighted by atomic mass is 16.4. The van der Waals surface area contributed by atoms with Crippen LogP contribution in [0.1, 0.15) is 17.4 Å². The molecule has 0 radical (unpaired) electrons. The van der Waals surface area contributed by atoms with E-state index in [4.69, 9.17) is 4.42 Å². The van der Waals surface area contributed by atoms with Gasteiger partial charge < -0.3 is 14.8 Å². The van der Waals surface area contributed by atoms with Gasteiger partial charge in [0.1, 0.15) is 17.4 Å². The quantitative estimate of drug-likeness (QED) is 0.745. The Balaban J connectivity index is 1.63. The highest BCUT2D eigenvalue weighted by Crippen LogP contribution is 2.33. The topological polar surface area (TPSA) is 45.4 Å². The molecular formula is C17H15NO2. The summed E-state index contributed by atoms with van der Waals surface area (Å²) in [5.41, 5.74) is 3.16. The molecular weight excluding hydrogens is 250 g/mol. The summed E-state index contributed by atoms with van der Waals surface area (Å²) in [4.78, 5) is 0. The van der Waals surface area contributed by atoms with E-state index >= 15 is 0 Å². The highest BCUT2D eigenvalue weighted by molar-refractivity contribution is 5.77. The number of anilines is 1. The summed E-state index contributed by atoms with van der Waals surface area (Å²) in [5.74, 6) is 0.622. The Morgan fingerprint density at radius 3 is 2.75 bits per heavy atom. The molecule has 3 heteroatoms. The van der Waals surface area contributed by atoms with Crippen LogP contribution in [0.3, 0.4) is 0 Å². The Labute approximate surface area is 116 Å². The molecule has 0 bridgehead atoms. The van der Waals surface area contributed by atoms with Crippen LogP contribution in [0.2, 0.25) is 0 Å². The first-order chi connectivity index (χ1) is 9.81. The number of hydrogen-bond donors (Lipinski definition) is 2. The molecule has 2 atom stereocenters. The molecule has 2 aromatic carbocycles. The minimum Gasteiger partial charge on any atom is -0.458 e. The van der Waals surface area contributed by atoms with E-state index in [2.05, 4.69) is 11.4 Å². The fourth-order valence-corrected chi connectivity index (χ4v) is 2.86. The minimum absolute atomic E-state index is 0.0343. The van der Waals surface area contributed by atoms with Crippen molar-refractivity contribution in [3.63, 3.8) is 0 Å². The number of nitrogens with one attached hydrogen (secondary N) is 1. The molecule has 3 nitrogen and oxygen atoms in total. The molecule has 4 rings (SSSR count). The Bertz CT molecular complexity index is 704. The van der Waals surface area contributed by atoms with Crippen molar-refractivity contribution in [3.8, 4) is 0 Å². The van der Waals surface area contributed by atoms with Crippen molar-refractivity contribution in [1.82, 2.24) is 0 Å². The summed E-state index contributed by atoms with van der Waals surface area (Å²) in [6.07, 6.45) is 0.170. The van der Waals surface area contributed by atoms with E-state index in [1.54, 1.807) is 0 Å². The number of furan rings is 1. The molecule has 0 amide bonds. The Kier molecular flexibility index (Phi) is 2.54. The van der Waals surface area contributed by atoms with E-state index in [0.717, 1.165) is 23.1 Å². The lowest BCUT2D eigenvalue weighted by Crippen LogP contribution is -2.24. The van der Waals surface area contributed by atoms with Crippen molar-refractivity contribution in [1.29, 1.82) is 0 Å². The van der Waals surface area contributed by atoms with Crippen molar-refractivity contribution in [2.24, 2.45) is 0 Å². The van der Waals surface area contributed by atoms with E-state index in [1.165, 1.54) is 5.56 Å². The number of para-hydroxylation sites is 2. The van der Waals surface area contributed by atoms with Crippen molar-refractivity contribution >= 4 is 16.7 Å². The molecule has 1 aromatic heterocycles. The molecule has 2 heterocycles. The average molecular weight is 265 g/mol. The second kappa shape index (κ2) is 4.39. The predicted molar refractivity (Wildman–Crippen MR) is 78.7 cm³/mol. The van der Waals surface area contributed by atoms with Gasteiger partial charge in [0.05, 0.1) is 6.04 Å². The van der Waals surface area contributed by atoms with Crippen LogP contribution in [0, 0.1) is 0 Å². The molecule has 20 heavy (non-hydrogen) atoms. The Morgan fingerprint density at radius 2 is 1.90 bits per heavy atom. The molecule has 1 aliphatic rings. The Morgan fingerprint density at radius 1 is 1.10 bits per heavy atom. The van der Waals surface area contributed by atoms with Crippen molar-refractivity contribution in [2.45, 2.75) is 18.6 Å². The van der Waals surface area contributed by atoms with Gasteiger partial charge in [-0.25, -0.2) is 0 Å². The normalized spacial score (nSPS) is 18.8. The van der Waals surface area contributed by atoms with E-state index < -0.39 is 6.10 Å². The molecule has 3 aromatic rings. The number of fused-ring (bicyclic) bond motifs is 2. The molecule has 100 valence electrons. The zero-order valence-electron chi connectivity index (χ0n) is 10.9. The average Bonchev–Trinajstić information content (AvgIpc) is 3.10. The lowest BCUT2D eigenvalue weighted by atomic mass is 10.0. The summed E-state index contributed by atoms with van der Waals surface area (Å²) >= 11 is 0. The van der Waals surface area contributed by atoms with E-state index in [0.29, 0.717) is 5.76 Å². The van der Waals surface area contributed by atoms with Crippen LogP contribution < -0.4 is 5.32 Å². The maximum absolute atomic E-state index is 10.5. The third-order valence-corrected chi connectivity index (χ3v) is 3.92. The highest BCUT2D eigenvalue weighted by Gasteiger charge is 2.29. The molecule has 0 aliphatic carbocycles. The first-order valence-electron chi connectivity index (χ1n) is 6.82. The van der Waals surface area contributed by atoms with Gasteiger partial charge >= 0.3 is 0 Å². The fourth-order valence-electron chi connectivity index (χ4n) is 2.86. The fraction of sp³-hybridized carbons (Fsp3) is 0.176. The lowest BCUT2D eigenvalue weighted by Gasteiger charge is -2.16. The van der Waals surface area contributed by atoms with Gasteiger partial charge in [-0.1, -0.05) is 36.4 Å². The van der Waals surface area contributed by atoms with Gasteiger partial charge in [-0.3, -0.25) is 0 Å². The van der Waals surface area contributed by atoms with Gasteiger partial charge in [-0.05, 0) is 30.2 Å². The summed E-state index contributed by atoms with van der Waals surface area (Å²) in [7, 11) is 0. The summed E-state index contributed by atoms with van der Waals surface area (Å²) in [6, 6.07) is 17.9. The molecule has 0 saturated carbocycles. The molecule has 0 fully saturated rings. The van der Waals surface area contributed by atoms with Crippen LogP contribution >= 0.6 is 0 Å². The van der Waals surface area contributed by atoms with Crippen molar-refractivity contribution < 1.29 is 9.52 Å². The maximum Gasteiger partial charge on any atom is 0.135 e. The number of rotatable bonds is 2. The standard InChI is InChI=1S/C17H15NO2/c19-17(14-9-11-5-1-3-7-13(11)18-14)16-10-12-6-2-4-8-15(12)20-16/h1-8,10,14,17-19H,9H2. The van der Waals surface area contributed by atoms with Crippen molar-refractivity contribution in [2.75, 3.05) is 5.32 Å². The van der Waals surface area contributed by atoms with E-state index in [9.17, 15) is 5.11 Å². The molecule has 0 saturated heterocycles. The third-order valence-electron chi connectivity index (χ3n) is 3.92. The number of benzene rings is 2. The Hall–Kier alpha value is -2.26. The molecule has 2 unspecified atom stereocenters. The van der Waals surface area contributed by atoms with Crippen LogP contribution in [-0.4, -0.2) is 11.1 Å². The van der Waals surface area contributed by atoms with Crippen LogP contribution in [0.5, 0.6) is 0 Å². The second-order valence-electron chi connectivity index (χ2n) is 5.24. The first kappa shape index (κ1) is 11.6. The molecule has 2 N–H and O–H groups in total. The van der Waals surface area contributed by atoms with Gasteiger partial charge in [0.15, 0.2) is 0 Å². The van der Waals surface area contributed by atoms with Crippen molar-refractivity contribution in [3.05, 3.63) is 65.9 Å². The number of hydrogen-bond acceptors (Lipinski definition) is 3. The molecule has 0 spiro atoms. The third kappa shape index (κ3) is 1.79.